The van der Waals surface area contributed by atoms with E-state index in [1.165, 1.54) is 6.42 Å². The molecule has 5 nitrogen and oxygen atoms in total. The minimum absolute atomic E-state index is 0.193. The van der Waals surface area contributed by atoms with Crippen LogP contribution >= 0.6 is 0 Å². The summed E-state index contributed by atoms with van der Waals surface area (Å²) in [4.78, 5) is 8.39. The van der Waals surface area contributed by atoms with E-state index in [2.05, 4.69) is 15.3 Å². The molecule has 100 valence electrons. The Balaban J connectivity index is 1.87. The Morgan fingerprint density at radius 2 is 2.28 bits per heavy atom. The molecule has 0 saturated heterocycles. The molecule has 1 aromatic rings. The SMILES string of the molecule is CCOc1ccnc(NCC2CCCCC2O)n1. The number of rotatable bonds is 5. The van der Waals surface area contributed by atoms with E-state index in [-0.39, 0.29) is 6.10 Å². The van der Waals surface area contributed by atoms with Gasteiger partial charge in [0, 0.05) is 24.7 Å². The van der Waals surface area contributed by atoms with Crippen molar-refractivity contribution in [1.29, 1.82) is 0 Å². The average Bonchev–Trinajstić information content (AvgIpc) is 2.39. The van der Waals surface area contributed by atoms with E-state index in [1.54, 1.807) is 12.3 Å². The van der Waals surface area contributed by atoms with Crippen molar-refractivity contribution < 1.29 is 9.84 Å². The molecule has 2 N–H and O–H groups in total. The van der Waals surface area contributed by atoms with Gasteiger partial charge < -0.3 is 15.2 Å². The molecule has 2 rings (SSSR count). The minimum Gasteiger partial charge on any atom is -0.478 e. The molecule has 0 aromatic carbocycles. The highest BCUT2D eigenvalue weighted by Gasteiger charge is 2.22. The second-order valence-electron chi connectivity index (χ2n) is 4.64. The van der Waals surface area contributed by atoms with E-state index in [0.717, 1.165) is 25.8 Å². The van der Waals surface area contributed by atoms with Crippen LogP contribution in [-0.2, 0) is 0 Å². The van der Waals surface area contributed by atoms with Crippen molar-refractivity contribution in [3.05, 3.63) is 12.3 Å². The molecule has 0 spiro atoms. The summed E-state index contributed by atoms with van der Waals surface area (Å²) in [6.07, 6.45) is 5.79. The summed E-state index contributed by atoms with van der Waals surface area (Å²) in [6, 6.07) is 1.74. The van der Waals surface area contributed by atoms with E-state index >= 15 is 0 Å². The van der Waals surface area contributed by atoms with E-state index in [4.69, 9.17) is 4.74 Å². The van der Waals surface area contributed by atoms with Gasteiger partial charge in [0.25, 0.3) is 0 Å². The fourth-order valence-corrected chi connectivity index (χ4v) is 2.30. The standard InChI is InChI=1S/C13H21N3O2/c1-2-18-12-7-8-14-13(16-12)15-9-10-5-3-4-6-11(10)17/h7-8,10-11,17H,2-6,9H2,1H3,(H,14,15,16). The third-order valence-corrected chi connectivity index (χ3v) is 3.31. The molecule has 0 bridgehead atoms. The quantitative estimate of drug-likeness (QED) is 0.835. The maximum atomic E-state index is 9.88. The summed E-state index contributed by atoms with van der Waals surface area (Å²) in [5.74, 6) is 1.45. The highest BCUT2D eigenvalue weighted by molar-refractivity contribution is 5.27. The smallest absolute Gasteiger partial charge is 0.225 e. The molecule has 18 heavy (non-hydrogen) atoms. The maximum absolute atomic E-state index is 9.88. The lowest BCUT2D eigenvalue weighted by molar-refractivity contribution is 0.0762. The Labute approximate surface area is 108 Å². The molecular formula is C13H21N3O2. The molecule has 1 aliphatic rings. The molecule has 1 heterocycles. The first-order valence-corrected chi connectivity index (χ1v) is 6.67. The van der Waals surface area contributed by atoms with Crippen LogP contribution in [0.4, 0.5) is 5.95 Å². The number of aromatic nitrogens is 2. The summed E-state index contributed by atoms with van der Waals surface area (Å²) >= 11 is 0. The van der Waals surface area contributed by atoms with Crippen LogP contribution in [0.2, 0.25) is 0 Å². The first-order chi connectivity index (χ1) is 8.79. The van der Waals surface area contributed by atoms with E-state index in [1.807, 2.05) is 6.92 Å². The number of aliphatic hydroxyl groups excluding tert-OH is 1. The Bertz CT molecular complexity index is 373. The van der Waals surface area contributed by atoms with E-state index in [0.29, 0.717) is 24.4 Å². The Kier molecular flexibility index (Phi) is 4.75. The van der Waals surface area contributed by atoms with Crippen LogP contribution in [0.25, 0.3) is 0 Å². The predicted molar refractivity (Wildman–Crippen MR) is 69.7 cm³/mol. The normalized spacial score (nSPS) is 23.7. The number of hydrogen-bond donors (Lipinski definition) is 2. The predicted octanol–water partition coefficient (Wildman–Crippen LogP) is 1.84. The maximum Gasteiger partial charge on any atom is 0.225 e. The number of anilines is 1. The number of nitrogens with one attached hydrogen (secondary N) is 1. The van der Waals surface area contributed by atoms with Crippen molar-refractivity contribution >= 4 is 5.95 Å². The van der Waals surface area contributed by atoms with Crippen LogP contribution in [0.5, 0.6) is 5.88 Å². The molecule has 0 aliphatic heterocycles. The molecule has 2 atom stereocenters. The number of ether oxygens (including phenoxy) is 1. The molecule has 1 aromatic heterocycles. The topological polar surface area (TPSA) is 67.3 Å². The van der Waals surface area contributed by atoms with Gasteiger partial charge in [0.15, 0.2) is 0 Å². The molecule has 0 amide bonds. The van der Waals surface area contributed by atoms with Crippen molar-refractivity contribution in [2.75, 3.05) is 18.5 Å². The summed E-state index contributed by atoms with van der Waals surface area (Å²) < 4.78 is 5.32. The third kappa shape index (κ3) is 3.57. The number of aliphatic hydroxyl groups is 1. The van der Waals surface area contributed by atoms with Crippen LogP contribution < -0.4 is 10.1 Å². The van der Waals surface area contributed by atoms with Crippen molar-refractivity contribution in [2.24, 2.45) is 5.92 Å². The van der Waals surface area contributed by atoms with Gasteiger partial charge in [-0.3, -0.25) is 0 Å². The summed E-state index contributed by atoms with van der Waals surface area (Å²) in [6.45, 7) is 3.24. The zero-order chi connectivity index (χ0) is 12.8. The van der Waals surface area contributed by atoms with Gasteiger partial charge in [-0.15, -0.1) is 0 Å². The number of nitrogens with zero attached hydrogens (tertiary/aromatic N) is 2. The summed E-state index contributed by atoms with van der Waals surface area (Å²) in [5.41, 5.74) is 0. The Morgan fingerprint density at radius 3 is 3.06 bits per heavy atom. The van der Waals surface area contributed by atoms with Crippen molar-refractivity contribution in [1.82, 2.24) is 9.97 Å². The van der Waals surface area contributed by atoms with Crippen LogP contribution in [0.3, 0.4) is 0 Å². The van der Waals surface area contributed by atoms with Gasteiger partial charge in [-0.25, -0.2) is 4.98 Å². The fourth-order valence-electron chi connectivity index (χ4n) is 2.30. The highest BCUT2D eigenvalue weighted by Crippen LogP contribution is 2.24. The van der Waals surface area contributed by atoms with Crippen molar-refractivity contribution in [3.63, 3.8) is 0 Å². The first kappa shape index (κ1) is 13.1. The molecule has 5 heteroatoms. The van der Waals surface area contributed by atoms with Gasteiger partial charge in [0.1, 0.15) is 0 Å². The van der Waals surface area contributed by atoms with Crippen molar-refractivity contribution in [2.45, 2.75) is 38.7 Å². The molecular weight excluding hydrogens is 230 g/mol. The highest BCUT2D eigenvalue weighted by atomic mass is 16.5. The fraction of sp³-hybridized carbons (Fsp3) is 0.692. The Morgan fingerprint density at radius 1 is 1.44 bits per heavy atom. The zero-order valence-electron chi connectivity index (χ0n) is 10.8. The molecule has 1 aliphatic carbocycles. The second kappa shape index (κ2) is 6.54. The van der Waals surface area contributed by atoms with Gasteiger partial charge in [0.2, 0.25) is 11.8 Å². The lowest BCUT2D eigenvalue weighted by Gasteiger charge is -2.27. The van der Waals surface area contributed by atoms with Crippen LogP contribution in [0.15, 0.2) is 12.3 Å². The van der Waals surface area contributed by atoms with Gasteiger partial charge in [0.05, 0.1) is 12.7 Å². The second-order valence-corrected chi connectivity index (χ2v) is 4.64. The summed E-state index contributed by atoms with van der Waals surface area (Å²) in [5, 5.41) is 13.1. The van der Waals surface area contributed by atoms with Crippen LogP contribution in [-0.4, -0.2) is 34.3 Å². The third-order valence-electron chi connectivity index (χ3n) is 3.31. The van der Waals surface area contributed by atoms with Gasteiger partial charge >= 0.3 is 0 Å². The average molecular weight is 251 g/mol. The van der Waals surface area contributed by atoms with Crippen LogP contribution in [0, 0.1) is 5.92 Å². The monoisotopic (exact) mass is 251 g/mol. The van der Waals surface area contributed by atoms with Crippen LogP contribution in [0.1, 0.15) is 32.6 Å². The van der Waals surface area contributed by atoms with Gasteiger partial charge in [-0.2, -0.15) is 4.98 Å². The minimum atomic E-state index is -0.193. The first-order valence-electron chi connectivity index (χ1n) is 6.67. The van der Waals surface area contributed by atoms with Gasteiger partial charge in [-0.1, -0.05) is 12.8 Å². The molecule has 2 unspecified atom stereocenters. The Hall–Kier alpha value is -1.36. The van der Waals surface area contributed by atoms with E-state index in [9.17, 15) is 5.11 Å². The molecule has 0 radical (unpaired) electrons. The molecule has 1 saturated carbocycles. The zero-order valence-corrected chi connectivity index (χ0v) is 10.8. The van der Waals surface area contributed by atoms with Gasteiger partial charge in [-0.05, 0) is 19.8 Å². The van der Waals surface area contributed by atoms with E-state index < -0.39 is 0 Å². The van der Waals surface area contributed by atoms with Crippen molar-refractivity contribution in [3.8, 4) is 5.88 Å². The largest absolute Gasteiger partial charge is 0.478 e. The summed E-state index contributed by atoms with van der Waals surface area (Å²) in [7, 11) is 0. The number of hydrogen-bond acceptors (Lipinski definition) is 5. The molecule has 1 fully saturated rings. The lowest BCUT2D eigenvalue weighted by atomic mass is 9.86. The lowest BCUT2D eigenvalue weighted by Crippen LogP contribution is -2.30.